The van der Waals surface area contributed by atoms with Crippen LogP contribution in [-0.2, 0) is 6.54 Å². The van der Waals surface area contributed by atoms with E-state index in [0.717, 1.165) is 27.8 Å². The zero-order valence-corrected chi connectivity index (χ0v) is 12.4. The van der Waals surface area contributed by atoms with E-state index in [1.807, 2.05) is 25.1 Å². The van der Waals surface area contributed by atoms with Crippen LogP contribution in [0.2, 0.25) is 0 Å². The lowest BCUT2D eigenvalue weighted by atomic mass is 10.1. The molecule has 0 saturated heterocycles. The highest BCUT2D eigenvalue weighted by Crippen LogP contribution is 2.25. The third-order valence-corrected chi connectivity index (χ3v) is 3.56. The van der Waals surface area contributed by atoms with E-state index in [1.54, 1.807) is 13.2 Å². The second kappa shape index (κ2) is 5.97. The highest BCUT2D eigenvalue weighted by molar-refractivity contribution is 5.91. The summed E-state index contributed by atoms with van der Waals surface area (Å²) in [7, 11) is 1.57. The number of benzene rings is 2. The van der Waals surface area contributed by atoms with Crippen LogP contribution in [0.1, 0.15) is 11.1 Å². The first-order chi connectivity index (χ1) is 10.7. The van der Waals surface area contributed by atoms with Gasteiger partial charge in [0.1, 0.15) is 23.7 Å². The summed E-state index contributed by atoms with van der Waals surface area (Å²) in [6.45, 7) is 2.43. The SMILES string of the molecule is COc1ccc(F)cc1CNc1ncnc2cccc(C)c12. The minimum Gasteiger partial charge on any atom is -0.496 e. The van der Waals surface area contributed by atoms with Crippen LogP contribution in [0.4, 0.5) is 10.2 Å². The van der Waals surface area contributed by atoms with Crippen molar-refractivity contribution in [2.75, 3.05) is 12.4 Å². The zero-order valence-electron chi connectivity index (χ0n) is 12.4. The fourth-order valence-electron chi connectivity index (χ4n) is 2.48. The number of methoxy groups -OCH3 is 1. The van der Waals surface area contributed by atoms with Crippen LogP contribution in [0.3, 0.4) is 0 Å². The second-order valence-electron chi connectivity index (χ2n) is 5.00. The average molecular weight is 297 g/mol. The number of anilines is 1. The molecule has 0 aliphatic carbocycles. The normalized spacial score (nSPS) is 10.7. The van der Waals surface area contributed by atoms with Crippen molar-refractivity contribution < 1.29 is 9.13 Å². The van der Waals surface area contributed by atoms with Crippen molar-refractivity contribution in [3.63, 3.8) is 0 Å². The van der Waals surface area contributed by atoms with Crippen molar-refractivity contribution in [2.24, 2.45) is 0 Å². The van der Waals surface area contributed by atoms with Gasteiger partial charge < -0.3 is 10.1 Å². The smallest absolute Gasteiger partial charge is 0.137 e. The number of fused-ring (bicyclic) bond motifs is 1. The van der Waals surface area contributed by atoms with E-state index in [2.05, 4.69) is 15.3 Å². The molecule has 1 N–H and O–H groups in total. The number of aromatic nitrogens is 2. The zero-order chi connectivity index (χ0) is 15.5. The van der Waals surface area contributed by atoms with Gasteiger partial charge in [0.15, 0.2) is 0 Å². The molecular formula is C17H16FN3O. The van der Waals surface area contributed by atoms with E-state index in [9.17, 15) is 4.39 Å². The predicted molar refractivity (Wildman–Crippen MR) is 84.6 cm³/mol. The lowest BCUT2D eigenvalue weighted by Crippen LogP contribution is -2.05. The summed E-state index contributed by atoms with van der Waals surface area (Å²) < 4.78 is 18.7. The van der Waals surface area contributed by atoms with Crippen LogP contribution < -0.4 is 10.1 Å². The van der Waals surface area contributed by atoms with Gasteiger partial charge in [0, 0.05) is 17.5 Å². The van der Waals surface area contributed by atoms with E-state index in [4.69, 9.17) is 4.74 Å². The summed E-state index contributed by atoms with van der Waals surface area (Å²) in [6, 6.07) is 10.4. The van der Waals surface area contributed by atoms with Crippen molar-refractivity contribution >= 4 is 16.7 Å². The number of aryl methyl sites for hydroxylation is 1. The number of ether oxygens (including phenoxy) is 1. The molecule has 3 rings (SSSR count). The summed E-state index contributed by atoms with van der Waals surface area (Å²) in [5.41, 5.74) is 2.71. The molecule has 0 saturated carbocycles. The fourth-order valence-corrected chi connectivity index (χ4v) is 2.48. The van der Waals surface area contributed by atoms with Crippen LogP contribution in [0.25, 0.3) is 10.9 Å². The van der Waals surface area contributed by atoms with Crippen LogP contribution in [0.15, 0.2) is 42.7 Å². The molecule has 0 spiro atoms. The van der Waals surface area contributed by atoms with Gasteiger partial charge >= 0.3 is 0 Å². The van der Waals surface area contributed by atoms with Crippen LogP contribution in [0.5, 0.6) is 5.75 Å². The van der Waals surface area contributed by atoms with Gasteiger partial charge in [-0.2, -0.15) is 0 Å². The summed E-state index contributed by atoms with van der Waals surface area (Å²) in [5.74, 6) is 1.08. The maximum absolute atomic E-state index is 13.4. The summed E-state index contributed by atoms with van der Waals surface area (Å²) in [6.07, 6.45) is 1.52. The van der Waals surface area contributed by atoms with E-state index < -0.39 is 0 Å². The van der Waals surface area contributed by atoms with Gasteiger partial charge in [-0.15, -0.1) is 0 Å². The van der Waals surface area contributed by atoms with Gasteiger partial charge in [0.25, 0.3) is 0 Å². The first kappa shape index (κ1) is 14.3. The molecule has 0 unspecified atom stereocenters. The summed E-state index contributed by atoms with van der Waals surface area (Å²) in [5, 5.41) is 4.22. The van der Waals surface area contributed by atoms with Gasteiger partial charge in [0.2, 0.25) is 0 Å². The van der Waals surface area contributed by atoms with Crippen molar-refractivity contribution in [1.82, 2.24) is 9.97 Å². The Morgan fingerprint density at radius 3 is 2.86 bits per heavy atom. The Morgan fingerprint density at radius 2 is 2.05 bits per heavy atom. The molecule has 1 heterocycles. The third-order valence-electron chi connectivity index (χ3n) is 3.56. The minimum atomic E-state index is -0.290. The largest absolute Gasteiger partial charge is 0.496 e. The van der Waals surface area contributed by atoms with Gasteiger partial charge in [-0.05, 0) is 36.8 Å². The molecule has 0 fully saturated rings. The quantitative estimate of drug-likeness (QED) is 0.797. The molecule has 0 amide bonds. The molecule has 0 bridgehead atoms. The molecular weight excluding hydrogens is 281 g/mol. The Bertz CT molecular complexity index is 815. The maximum atomic E-state index is 13.4. The number of nitrogens with zero attached hydrogens (tertiary/aromatic N) is 2. The maximum Gasteiger partial charge on any atom is 0.137 e. The summed E-state index contributed by atoms with van der Waals surface area (Å²) in [4.78, 5) is 8.57. The number of hydrogen-bond donors (Lipinski definition) is 1. The Morgan fingerprint density at radius 1 is 1.18 bits per heavy atom. The van der Waals surface area contributed by atoms with Gasteiger partial charge in [-0.25, -0.2) is 14.4 Å². The van der Waals surface area contributed by atoms with Crippen molar-refractivity contribution in [2.45, 2.75) is 13.5 Å². The fraction of sp³-hybridized carbons (Fsp3) is 0.176. The monoisotopic (exact) mass is 297 g/mol. The highest BCUT2D eigenvalue weighted by atomic mass is 19.1. The van der Waals surface area contributed by atoms with E-state index >= 15 is 0 Å². The molecule has 3 aromatic rings. The van der Waals surface area contributed by atoms with E-state index in [-0.39, 0.29) is 5.82 Å². The van der Waals surface area contributed by atoms with Crippen LogP contribution in [-0.4, -0.2) is 17.1 Å². The molecule has 112 valence electrons. The molecule has 1 aromatic heterocycles. The Labute approximate surface area is 128 Å². The van der Waals surface area contributed by atoms with E-state index in [1.165, 1.54) is 18.5 Å². The van der Waals surface area contributed by atoms with Crippen molar-refractivity contribution in [1.29, 1.82) is 0 Å². The molecule has 22 heavy (non-hydrogen) atoms. The average Bonchev–Trinajstić information content (AvgIpc) is 2.53. The predicted octanol–water partition coefficient (Wildman–Crippen LogP) is 3.70. The minimum absolute atomic E-state index is 0.290. The third kappa shape index (κ3) is 2.70. The highest BCUT2D eigenvalue weighted by Gasteiger charge is 2.08. The molecule has 0 aliphatic heterocycles. The Balaban J connectivity index is 1.93. The first-order valence-corrected chi connectivity index (χ1v) is 6.95. The van der Waals surface area contributed by atoms with Gasteiger partial charge in [-0.1, -0.05) is 12.1 Å². The first-order valence-electron chi connectivity index (χ1n) is 6.95. The van der Waals surface area contributed by atoms with Gasteiger partial charge in [0.05, 0.1) is 12.6 Å². The van der Waals surface area contributed by atoms with E-state index in [0.29, 0.717) is 12.3 Å². The van der Waals surface area contributed by atoms with Crippen LogP contribution in [0, 0.1) is 12.7 Å². The molecule has 0 atom stereocenters. The van der Waals surface area contributed by atoms with Gasteiger partial charge in [-0.3, -0.25) is 0 Å². The number of hydrogen-bond acceptors (Lipinski definition) is 4. The lowest BCUT2D eigenvalue weighted by molar-refractivity contribution is 0.409. The number of rotatable bonds is 4. The Hall–Kier alpha value is -2.69. The standard InChI is InChI=1S/C17H16FN3O/c1-11-4-3-5-14-16(11)17(21-10-20-14)19-9-12-8-13(18)6-7-15(12)22-2/h3-8,10H,9H2,1-2H3,(H,19,20,21). The second-order valence-corrected chi connectivity index (χ2v) is 5.00. The molecule has 0 radical (unpaired) electrons. The molecule has 5 heteroatoms. The number of nitrogens with one attached hydrogen (secondary N) is 1. The molecule has 2 aromatic carbocycles. The summed E-state index contributed by atoms with van der Waals surface area (Å²) >= 11 is 0. The van der Waals surface area contributed by atoms with Crippen molar-refractivity contribution in [3.05, 3.63) is 59.7 Å². The van der Waals surface area contributed by atoms with Crippen LogP contribution >= 0.6 is 0 Å². The topological polar surface area (TPSA) is 47.0 Å². The lowest BCUT2D eigenvalue weighted by Gasteiger charge is -2.12. The molecule has 0 aliphatic rings. The Kier molecular flexibility index (Phi) is 3.87. The van der Waals surface area contributed by atoms with Crippen molar-refractivity contribution in [3.8, 4) is 5.75 Å². The number of halogens is 1. The molecule has 4 nitrogen and oxygen atoms in total.